The Hall–Kier alpha value is -1.36. The molecule has 0 unspecified atom stereocenters. The first-order chi connectivity index (χ1) is 7.86. The molecule has 0 spiro atoms. The lowest BCUT2D eigenvalue weighted by Gasteiger charge is -2.15. The molecule has 16 heavy (non-hydrogen) atoms. The first-order valence-electron chi connectivity index (χ1n) is 5.83. The second kappa shape index (κ2) is 3.90. The van der Waals surface area contributed by atoms with Crippen LogP contribution >= 0.6 is 0 Å². The lowest BCUT2D eigenvalue weighted by molar-refractivity contribution is 0.0749. The molecule has 5 heteroatoms. The molecule has 0 atom stereocenters. The molecule has 1 amide bonds. The standard InChI is InChI=1S/C11H15N3O2/c15-11(14-5-1-2-6-14)10-8-7-12-4-3-9(8)13-16-10/h12H,1-7H2. The SMILES string of the molecule is O=C(c1onc2c1CNCC2)N1CCCC1. The maximum atomic E-state index is 12.1. The molecule has 0 saturated carbocycles. The van der Waals surface area contributed by atoms with Crippen molar-refractivity contribution in [1.82, 2.24) is 15.4 Å². The Labute approximate surface area is 93.8 Å². The minimum Gasteiger partial charge on any atom is -0.350 e. The molecule has 1 aromatic rings. The second-order valence-corrected chi connectivity index (χ2v) is 4.36. The van der Waals surface area contributed by atoms with E-state index in [4.69, 9.17) is 4.52 Å². The molecule has 2 aliphatic heterocycles. The van der Waals surface area contributed by atoms with Gasteiger partial charge < -0.3 is 14.7 Å². The zero-order valence-corrected chi connectivity index (χ0v) is 9.16. The van der Waals surface area contributed by atoms with Crippen LogP contribution in [-0.4, -0.2) is 35.6 Å². The van der Waals surface area contributed by atoms with Gasteiger partial charge in [0, 0.05) is 38.2 Å². The number of nitrogens with zero attached hydrogens (tertiary/aromatic N) is 2. The number of fused-ring (bicyclic) bond motifs is 1. The maximum absolute atomic E-state index is 12.1. The summed E-state index contributed by atoms with van der Waals surface area (Å²) >= 11 is 0. The highest BCUT2D eigenvalue weighted by Gasteiger charge is 2.28. The number of carbonyl (C=O) groups is 1. The van der Waals surface area contributed by atoms with Crippen molar-refractivity contribution in [1.29, 1.82) is 0 Å². The van der Waals surface area contributed by atoms with Crippen molar-refractivity contribution in [2.75, 3.05) is 19.6 Å². The maximum Gasteiger partial charge on any atom is 0.292 e. The van der Waals surface area contributed by atoms with Gasteiger partial charge in [-0.1, -0.05) is 5.16 Å². The number of hydrogen-bond acceptors (Lipinski definition) is 4. The third kappa shape index (κ3) is 1.51. The molecular formula is C11H15N3O2. The minimum absolute atomic E-state index is 0.00921. The molecule has 0 radical (unpaired) electrons. The molecule has 5 nitrogen and oxygen atoms in total. The van der Waals surface area contributed by atoms with Crippen LogP contribution in [-0.2, 0) is 13.0 Å². The fraction of sp³-hybridized carbons (Fsp3) is 0.636. The summed E-state index contributed by atoms with van der Waals surface area (Å²) in [6.45, 7) is 3.31. The van der Waals surface area contributed by atoms with Crippen LogP contribution in [0.3, 0.4) is 0 Å². The molecule has 86 valence electrons. The number of aromatic nitrogens is 1. The number of amides is 1. The highest BCUT2D eigenvalue weighted by Crippen LogP contribution is 2.21. The van der Waals surface area contributed by atoms with E-state index in [0.717, 1.165) is 50.2 Å². The lowest BCUT2D eigenvalue weighted by atomic mass is 10.1. The van der Waals surface area contributed by atoms with Crippen LogP contribution in [0.4, 0.5) is 0 Å². The van der Waals surface area contributed by atoms with Gasteiger partial charge in [-0.2, -0.15) is 0 Å². The van der Waals surface area contributed by atoms with Gasteiger partial charge in [-0.25, -0.2) is 0 Å². The van der Waals surface area contributed by atoms with E-state index in [0.29, 0.717) is 12.3 Å². The third-order valence-corrected chi connectivity index (χ3v) is 3.30. The lowest BCUT2D eigenvalue weighted by Crippen LogP contribution is -2.30. The van der Waals surface area contributed by atoms with Crippen LogP contribution in [0.2, 0.25) is 0 Å². The fourth-order valence-electron chi connectivity index (χ4n) is 2.37. The van der Waals surface area contributed by atoms with Crippen molar-refractivity contribution in [3.8, 4) is 0 Å². The predicted molar refractivity (Wildman–Crippen MR) is 57.1 cm³/mol. The summed E-state index contributed by atoms with van der Waals surface area (Å²) in [5.41, 5.74) is 1.91. The highest BCUT2D eigenvalue weighted by atomic mass is 16.5. The van der Waals surface area contributed by atoms with E-state index >= 15 is 0 Å². The second-order valence-electron chi connectivity index (χ2n) is 4.36. The number of hydrogen-bond donors (Lipinski definition) is 1. The summed E-state index contributed by atoms with van der Waals surface area (Å²) in [4.78, 5) is 14.0. The van der Waals surface area contributed by atoms with Gasteiger partial charge in [-0.05, 0) is 12.8 Å². The van der Waals surface area contributed by atoms with Crippen LogP contribution in [0.15, 0.2) is 4.52 Å². The van der Waals surface area contributed by atoms with Crippen molar-refractivity contribution in [2.24, 2.45) is 0 Å². The summed E-state index contributed by atoms with van der Waals surface area (Å²) in [6.07, 6.45) is 3.05. The Balaban J connectivity index is 1.88. The molecule has 3 heterocycles. The van der Waals surface area contributed by atoms with Gasteiger partial charge in [0.1, 0.15) is 0 Å². The fourth-order valence-corrected chi connectivity index (χ4v) is 2.37. The van der Waals surface area contributed by atoms with Crippen molar-refractivity contribution < 1.29 is 9.32 Å². The summed E-state index contributed by atoms with van der Waals surface area (Å²) in [5, 5.41) is 7.23. The Morgan fingerprint density at radius 3 is 3.00 bits per heavy atom. The molecule has 0 aromatic carbocycles. The molecule has 1 N–H and O–H groups in total. The molecule has 1 saturated heterocycles. The zero-order chi connectivity index (χ0) is 11.0. The van der Waals surface area contributed by atoms with Crippen molar-refractivity contribution in [3.05, 3.63) is 17.0 Å². The van der Waals surface area contributed by atoms with Gasteiger partial charge in [-0.15, -0.1) is 0 Å². The van der Waals surface area contributed by atoms with Gasteiger partial charge in [0.05, 0.1) is 5.69 Å². The molecule has 3 rings (SSSR count). The van der Waals surface area contributed by atoms with Gasteiger partial charge in [-0.3, -0.25) is 4.79 Å². The van der Waals surface area contributed by atoms with Crippen LogP contribution in [0.1, 0.15) is 34.7 Å². The van der Waals surface area contributed by atoms with Gasteiger partial charge in [0.2, 0.25) is 5.76 Å². The summed E-state index contributed by atoms with van der Waals surface area (Å²) in [7, 11) is 0. The van der Waals surface area contributed by atoms with Gasteiger partial charge in [0.25, 0.3) is 5.91 Å². The smallest absolute Gasteiger partial charge is 0.292 e. The Morgan fingerprint density at radius 2 is 2.19 bits per heavy atom. The van der Waals surface area contributed by atoms with E-state index in [1.165, 1.54) is 0 Å². The Bertz CT molecular complexity index is 407. The number of rotatable bonds is 1. The monoisotopic (exact) mass is 221 g/mol. The van der Waals surface area contributed by atoms with E-state index < -0.39 is 0 Å². The van der Waals surface area contributed by atoms with Crippen LogP contribution in [0.5, 0.6) is 0 Å². The van der Waals surface area contributed by atoms with Crippen molar-refractivity contribution in [2.45, 2.75) is 25.8 Å². The summed E-state index contributed by atoms with van der Waals surface area (Å²) in [6, 6.07) is 0. The quantitative estimate of drug-likeness (QED) is 0.752. The first-order valence-corrected chi connectivity index (χ1v) is 5.83. The third-order valence-electron chi connectivity index (χ3n) is 3.30. The largest absolute Gasteiger partial charge is 0.350 e. The molecule has 1 aromatic heterocycles. The van der Waals surface area contributed by atoms with E-state index in [2.05, 4.69) is 10.5 Å². The highest BCUT2D eigenvalue weighted by molar-refractivity contribution is 5.93. The first kappa shape index (κ1) is 9.84. The summed E-state index contributed by atoms with van der Waals surface area (Å²) < 4.78 is 5.21. The zero-order valence-electron chi connectivity index (χ0n) is 9.16. The Morgan fingerprint density at radius 1 is 1.38 bits per heavy atom. The average molecular weight is 221 g/mol. The van der Waals surface area contributed by atoms with Crippen LogP contribution < -0.4 is 5.32 Å². The van der Waals surface area contributed by atoms with Gasteiger partial charge >= 0.3 is 0 Å². The summed E-state index contributed by atoms with van der Waals surface area (Å²) in [5.74, 6) is 0.457. The Kier molecular flexibility index (Phi) is 2.40. The van der Waals surface area contributed by atoms with E-state index in [1.54, 1.807) is 0 Å². The van der Waals surface area contributed by atoms with E-state index in [-0.39, 0.29) is 5.91 Å². The number of carbonyl (C=O) groups excluding carboxylic acids is 1. The van der Waals surface area contributed by atoms with Crippen LogP contribution in [0, 0.1) is 0 Å². The molecule has 2 aliphatic rings. The average Bonchev–Trinajstić information content (AvgIpc) is 2.98. The van der Waals surface area contributed by atoms with Crippen LogP contribution in [0.25, 0.3) is 0 Å². The molecular weight excluding hydrogens is 206 g/mol. The number of likely N-dealkylation sites (tertiary alicyclic amines) is 1. The topological polar surface area (TPSA) is 58.4 Å². The number of nitrogens with one attached hydrogen (secondary N) is 1. The van der Waals surface area contributed by atoms with Gasteiger partial charge in [0.15, 0.2) is 0 Å². The predicted octanol–water partition coefficient (Wildman–Crippen LogP) is 0.556. The van der Waals surface area contributed by atoms with E-state index in [9.17, 15) is 4.79 Å². The molecule has 1 fully saturated rings. The molecule has 0 bridgehead atoms. The van der Waals surface area contributed by atoms with Crippen molar-refractivity contribution >= 4 is 5.91 Å². The van der Waals surface area contributed by atoms with E-state index in [1.807, 2.05) is 4.90 Å². The molecule has 0 aliphatic carbocycles. The normalized spacial score (nSPS) is 19.9. The minimum atomic E-state index is 0.00921. The van der Waals surface area contributed by atoms with Crippen molar-refractivity contribution in [3.63, 3.8) is 0 Å².